The monoisotopic (exact) mass is 433 g/mol. The molecule has 2 amide bonds. The number of hydrogen-bond acceptors (Lipinski definition) is 3. The Hall–Kier alpha value is -1.80. The number of carbonyl (C=O) groups excluding carboxylic acids is 2. The first-order valence-electron chi connectivity index (χ1n) is 9.78. The van der Waals surface area contributed by atoms with Gasteiger partial charge in [0.05, 0.1) is 18.0 Å². The van der Waals surface area contributed by atoms with E-state index in [4.69, 9.17) is 0 Å². The van der Waals surface area contributed by atoms with Crippen LogP contribution in [0.15, 0.2) is 24.3 Å². The minimum absolute atomic E-state index is 0. The van der Waals surface area contributed by atoms with Crippen LogP contribution in [0.1, 0.15) is 36.8 Å². The molecule has 2 aliphatic heterocycles. The molecule has 0 aliphatic carbocycles. The molecule has 2 N–H and O–H groups in total. The van der Waals surface area contributed by atoms with Crippen LogP contribution < -0.4 is 10.6 Å². The van der Waals surface area contributed by atoms with Gasteiger partial charge < -0.3 is 15.5 Å². The molecule has 2 aliphatic rings. The SMILES string of the molecule is Cl.O=C(NCC1CCCN(C(=O)Cc2ccccc2C(F)(F)F)C1)C1CCCN1. The predicted molar refractivity (Wildman–Crippen MR) is 106 cm³/mol. The highest BCUT2D eigenvalue weighted by Crippen LogP contribution is 2.32. The lowest BCUT2D eigenvalue weighted by Crippen LogP contribution is -2.47. The summed E-state index contributed by atoms with van der Waals surface area (Å²) in [7, 11) is 0. The van der Waals surface area contributed by atoms with Crippen LogP contribution in [0.25, 0.3) is 0 Å². The summed E-state index contributed by atoms with van der Waals surface area (Å²) in [5, 5.41) is 6.09. The highest BCUT2D eigenvalue weighted by Gasteiger charge is 2.34. The van der Waals surface area contributed by atoms with E-state index < -0.39 is 11.7 Å². The molecule has 1 aromatic carbocycles. The molecule has 5 nitrogen and oxygen atoms in total. The summed E-state index contributed by atoms with van der Waals surface area (Å²) in [5.74, 6) is -0.189. The fraction of sp³-hybridized carbons (Fsp3) is 0.600. The molecule has 29 heavy (non-hydrogen) atoms. The summed E-state index contributed by atoms with van der Waals surface area (Å²) in [4.78, 5) is 26.3. The van der Waals surface area contributed by atoms with Crippen molar-refractivity contribution in [3.05, 3.63) is 35.4 Å². The van der Waals surface area contributed by atoms with Crippen LogP contribution in [-0.2, 0) is 22.2 Å². The van der Waals surface area contributed by atoms with Crippen molar-refractivity contribution in [1.82, 2.24) is 15.5 Å². The zero-order valence-corrected chi connectivity index (χ0v) is 17.0. The van der Waals surface area contributed by atoms with Crippen molar-refractivity contribution >= 4 is 24.2 Å². The largest absolute Gasteiger partial charge is 0.416 e. The highest BCUT2D eigenvalue weighted by atomic mass is 35.5. The number of nitrogens with one attached hydrogen (secondary N) is 2. The van der Waals surface area contributed by atoms with Gasteiger partial charge >= 0.3 is 6.18 Å². The van der Waals surface area contributed by atoms with Crippen molar-refractivity contribution in [2.45, 2.75) is 44.3 Å². The molecule has 2 atom stereocenters. The number of piperidine rings is 1. The van der Waals surface area contributed by atoms with E-state index in [0.717, 1.165) is 38.3 Å². The minimum Gasteiger partial charge on any atom is -0.354 e. The predicted octanol–water partition coefficient (Wildman–Crippen LogP) is 2.78. The molecule has 2 saturated heterocycles. The molecule has 0 radical (unpaired) electrons. The van der Waals surface area contributed by atoms with Crippen LogP contribution in [0.5, 0.6) is 0 Å². The van der Waals surface area contributed by atoms with Gasteiger partial charge in [0, 0.05) is 19.6 Å². The lowest BCUT2D eigenvalue weighted by atomic mass is 9.96. The Morgan fingerprint density at radius 1 is 1.17 bits per heavy atom. The maximum atomic E-state index is 13.1. The summed E-state index contributed by atoms with van der Waals surface area (Å²) in [5.41, 5.74) is -0.754. The number of rotatable bonds is 5. The molecular formula is C20H27ClF3N3O2. The second kappa shape index (κ2) is 10.3. The third kappa shape index (κ3) is 6.34. The molecule has 1 aromatic rings. The third-order valence-corrected chi connectivity index (χ3v) is 5.48. The van der Waals surface area contributed by atoms with E-state index in [2.05, 4.69) is 10.6 Å². The fourth-order valence-corrected chi connectivity index (χ4v) is 3.96. The Labute approximate surface area is 174 Å². The minimum atomic E-state index is -4.47. The zero-order chi connectivity index (χ0) is 20.1. The number of hydrogen-bond donors (Lipinski definition) is 2. The normalized spacial score (nSPS) is 22.1. The standard InChI is InChI=1S/C20H26F3N3O2.ClH/c21-20(22,23)16-7-2-1-6-15(16)11-18(27)26-10-4-5-14(13-26)12-25-19(28)17-8-3-9-24-17;/h1-2,6-7,14,17,24H,3-5,8-13H2,(H,25,28);1H. The number of halogens is 4. The maximum absolute atomic E-state index is 13.1. The molecule has 2 unspecified atom stereocenters. The third-order valence-electron chi connectivity index (χ3n) is 5.48. The first kappa shape index (κ1) is 23.5. The average molecular weight is 434 g/mol. The smallest absolute Gasteiger partial charge is 0.354 e. The van der Waals surface area contributed by atoms with Gasteiger partial charge in [0.2, 0.25) is 11.8 Å². The van der Waals surface area contributed by atoms with E-state index in [-0.39, 0.29) is 48.2 Å². The summed E-state index contributed by atoms with van der Waals surface area (Å²) < 4.78 is 39.4. The summed E-state index contributed by atoms with van der Waals surface area (Å²) in [6, 6.07) is 5.07. The number of alkyl halides is 3. The van der Waals surface area contributed by atoms with Crippen LogP contribution >= 0.6 is 12.4 Å². The Kier molecular flexibility index (Phi) is 8.34. The van der Waals surface area contributed by atoms with Gasteiger partial charge in [-0.05, 0) is 49.8 Å². The Bertz CT molecular complexity index is 708. The number of nitrogens with zero attached hydrogens (tertiary/aromatic N) is 1. The summed E-state index contributed by atoms with van der Waals surface area (Å²) >= 11 is 0. The van der Waals surface area contributed by atoms with E-state index in [0.29, 0.717) is 19.6 Å². The Morgan fingerprint density at radius 2 is 1.93 bits per heavy atom. The molecule has 2 fully saturated rings. The molecule has 0 spiro atoms. The van der Waals surface area contributed by atoms with Crippen molar-refractivity contribution in [2.24, 2.45) is 5.92 Å². The van der Waals surface area contributed by atoms with Crippen molar-refractivity contribution < 1.29 is 22.8 Å². The second-order valence-electron chi connectivity index (χ2n) is 7.57. The maximum Gasteiger partial charge on any atom is 0.416 e. The summed E-state index contributed by atoms with van der Waals surface area (Å²) in [6.45, 7) is 2.34. The second-order valence-corrected chi connectivity index (χ2v) is 7.57. The molecule has 0 saturated carbocycles. The van der Waals surface area contributed by atoms with E-state index in [1.165, 1.54) is 18.2 Å². The summed E-state index contributed by atoms with van der Waals surface area (Å²) in [6.07, 6.45) is -1.24. The number of amides is 2. The lowest BCUT2D eigenvalue weighted by molar-refractivity contribution is -0.139. The molecule has 3 rings (SSSR count). The fourth-order valence-electron chi connectivity index (χ4n) is 3.96. The van der Waals surface area contributed by atoms with Crippen molar-refractivity contribution in [1.29, 1.82) is 0 Å². The molecular weight excluding hydrogens is 407 g/mol. The van der Waals surface area contributed by atoms with Crippen molar-refractivity contribution in [2.75, 3.05) is 26.2 Å². The van der Waals surface area contributed by atoms with Gasteiger partial charge in [0.1, 0.15) is 0 Å². The average Bonchev–Trinajstić information content (AvgIpc) is 3.21. The molecule has 0 bridgehead atoms. The van der Waals surface area contributed by atoms with Gasteiger partial charge in [-0.3, -0.25) is 9.59 Å². The first-order valence-corrected chi connectivity index (χ1v) is 9.78. The van der Waals surface area contributed by atoms with Gasteiger partial charge in [-0.1, -0.05) is 18.2 Å². The zero-order valence-electron chi connectivity index (χ0n) is 16.1. The topological polar surface area (TPSA) is 61.4 Å². The van der Waals surface area contributed by atoms with Gasteiger partial charge in [0.25, 0.3) is 0 Å². The Morgan fingerprint density at radius 3 is 2.62 bits per heavy atom. The van der Waals surface area contributed by atoms with Gasteiger partial charge in [-0.25, -0.2) is 0 Å². The van der Waals surface area contributed by atoms with Crippen molar-refractivity contribution in [3.8, 4) is 0 Å². The van der Waals surface area contributed by atoms with E-state index in [9.17, 15) is 22.8 Å². The number of likely N-dealkylation sites (tertiary alicyclic amines) is 1. The Balaban J connectivity index is 0.00000300. The molecule has 9 heteroatoms. The lowest BCUT2D eigenvalue weighted by Gasteiger charge is -2.33. The van der Waals surface area contributed by atoms with Crippen LogP contribution in [0.4, 0.5) is 13.2 Å². The van der Waals surface area contributed by atoms with Crippen LogP contribution in [-0.4, -0.2) is 48.9 Å². The van der Waals surface area contributed by atoms with Crippen LogP contribution in [0.2, 0.25) is 0 Å². The molecule has 2 heterocycles. The highest BCUT2D eigenvalue weighted by molar-refractivity contribution is 5.85. The van der Waals surface area contributed by atoms with E-state index in [1.54, 1.807) is 4.90 Å². The number of carbonyl (C=O) groups is 2. The van der Waals surface area contributed by atoms with Crippen molar-refractivity contribution in [3.63, 3.8) is 0 Å². The number of benzene rings is 1. The first-order chi connectivity index (χ1) is 13.3. The van der Waals surface area contributed by atoms with E-state index >= 15 is 0 Å². The van der Waals surface area contributed by atoms with Crippen LogP contribution in [0, 0.1) is 5.92 Å². The van der Waals surface area contributed by atoms with Gasteiger partial charge in [0.15, 0.2) is 0 Å². The van der Waals surface area contributed by atoms with Gasteiger partial charge in [-0.2, -0.15) is 13.2 Å². The van der Waals surface area contributed by atoms with Gasteiger partial charge in [-0.15, -0.1) is 12.4 Å². The van der Waals surface area contributed by atoms with Crippen LogP contribution in [0.3, 0.4) is 0 Å². The quantitative estimate of drug-likeness (QED) is 0.750. The molecule has 0 aromatic heterocycles. The molecule has 162 valence electrons. The van der Waals surface area contributed by atoms with E-state index in [1.807, 2.05) is 0 Å².